The van der Waals surface area contributed by atoms with Crippen LogP contribution in [0.15, 0.2) is 0 Å². The first-order valence-electron chi connectivity index (χ1n) is 10.7. The number of carbonyl (C=O) groups is 1. The summed E-state index contributed by atoms with van der Waals surface area (Å²) in [5.74, 6) is 3.54. The maximum Gasteiger partial charge on any atom is 0.303 e. The molecule has 0 aliphatic carbocycles. The quantitative estimate of drug-likeness (QED) is 0.364. The zero-order valence-corrected chi connectivity index (χ0v) is 16.9. The van der Waals surface area contributed by atoms with Gasteiger partial charge in [0.05, 0.1) is 12.2 Å². The van der Waals surface area contributed by atoms with Gasteiger partial charge in [0.2, 0.25) is 0 Å². The third-order valence-electron chi connectivity index (χ3n) is 6.01. The Hall–Kier alpha value is -0.220. The van der Waals surface area contributed by atoms with Gasteiger partial charge in [-0.05, 0) is 61.9 Å². The van der Waals surface area contributed by atoms with E-state index in [1.807, 2.05) is 0 Å². The minimum absolute atomic E-state index is 0.329. The number of fused-ring (bicyclic) bond motifs is 2. The van der Waals surface area contributed by atoms with Crippen LogP contribution < -0.4 is 0 Å². The van der Waals surface area contributed by atoms with Crippen molar-refractivity contribution in [2.24, 2.45) is 11.8 Å². The fourth-order valence-corrected chi connectivity index (χ4v) is 5.68. The summed E-state index contributed by atoms with van der Waals surface area (Å²) in [5.41, 5.74) is 0. The van der Waals surface area contributed by atoms with Gasteiger partial charge in [0.1, 0.15) is 0 Å². The second kappa shape index (κ2) is 12.2. The molecule has 0 aromatic rings. The molecule has 2 aliphatic heterocycles. The van der Waals surface area contributed by atoms with Crippen molar-refractivity contribution in [1.82, 2.24) is 0 Å². The molecule has 2 fully saturated rings. The zero-order valence-electron chi connectivity index (χ0n) is 16.1. The molecule has 0 radical (unpaired) electrons. The molecule has 2 rings (SSSR count). The van der Waals surface area contributed by atoms with Gasteiger partial charge in [-0.2, -0.15) is 11.8 Å². The van der Waals surface area contributed by atoms with Gasteiger partial charge >= 0.3 is 5.97 Å². The average molecular weight is 371 g/mol. The Morgan fingerprint density at radius 3 is 2.32 bits per heavy atom. The number of unbranched alkanes of at least 4 members (excludes halogenated alkanes) is 6. The minimum atomic E-state index is -0.659. The van der Waals surface area contributed by atoms with E-state index in [0.29, 0.717) is 18.6 Å². The van der Waals surface area contributed by atoms with Crippen LogP contribution in [0.3, 0.4) is 0 Å². The van der Waals surface area contributed by atoms with Crippen molar-refractivity contribution in [3.63, 3.8) is 0 Å². The summed E-state index contributed by atoms with van der Waals surface area (Å²) < 4.78 is 6.23. The van der Waals surface area contributed by atoms with E-state index in [4.69, 9.17) is 9.84 Å². The van der Waals surface area contributed by atoms with Crippen molar-refractivity contribution >= 4 is 17.7 Å². The molecule has 2 saturated heterocycles. The molecule has 0 amide bonds. The molecular formula is C21H38O3S. The number of aliphatic carboxylic acids is 1. The van der Waals surface area contributed by atoms with E-state index in [-0.39, 0.29) is 0 Å². The fourth-order valence-electron chi connectivity index (χ4n) is 4.63. The average Bonchev–Trinajstić information content (AvgIpc) is 3.19. The van der Waals surface area contributed by atoms with E-state index in [0.717, 1.165) is 24.7 Å². The summed E-state index contributed by atoms with van der Waals surface area (Å²) in [6, 6.07) is 0. The number of hydrogen-bond acceptors (Lipinski definition) is 3. The van der Waals surface area contributed by atoms with Crippen molar-refractivity contribution in [1.29, 1.82) is 0 Å². The second-order valence-corrected chi connectivity index (χ2v) is 9.15. The lowest BCUT2D eigenvalue weighted by Crippen LogP contribution is -2.27. The van der Waals surface area contributed by atoms with Crippen molar-refractivity contribution in [2.45, 2.75) is 103 Å². The highest BCUT2D eigenvalue weighted by Gasteiger charge is 2.47. The molecule has 3 nitrogen and oxygen atoms in total. The van der Waals surface area contributed by atoms with Crippen LogP contribution >= 0.6 is 11.8 Å². The normalized spacial score (nSPS) is 27.9. The van der Waals surface area contributed by atoms with Crippen LogP contribution in [0.4, 0.5) is 0 Å². The lowest BCUT2D eigenvalue weighted by Gasteiger charge is -2.28. The van der Waals surface area contributed by atoms with E-state index in [1.165, 1.54) is 75.7 Å². The summed E-state index contributed by atoms with van der Waals surface area (Å²) >= 11 is 2.15. The highest BCUT2D eigenvalue weighted by Crippen LogP contribution is 2.47. The first kappa shape index (κ1) is 21.1. The number of ether oxygens (including phenoxy) is 1. The number of carboxylic acid groups (broad SMARTS) is 1. The predicted molar refractivity (Wildman–Crippen MR) is 106 cm³/mol. The Bertz CT molecular complexity index is 374. The molecule has 25 heavy (non-hydrogen) atoms. The molecule has 0 saturated carbocycles. The molecule has 2 aliphatic rings. The molecule has 4 heteroatoms. The molecule has 0 unspecified atom stereocenters. The van der Waals surface area contributed by atoms with Gasteiger partial charge in [-0.15, -0.1) is 0 Å². The van der Waals surface area contributed by atoms with Crippen LogP contribution in [0.1, 0.15) is 90.4 Å². The van der Waals surface area contributed by atoms with Crippen LogP contribution in [-0.4, -0.2) is 34.8 Å². The fraction of sp³-hybridized carbons (Fsp3) is 0.952. The molecule has 0 aromatic heterocycles. The maximum absolute atomic E-state index is 10.6. The SMILES string of the molecule is CCCCCCSCC[C@H]1[C@@H](CCCCCCC(=O)O)[C@H]2CC[C@@H]1O2. The summed E-state index contributed by atoms with van der Waals surface area (Å²) in [6.45, 7) is 2.27. The standard InChI is InChI=1S/C21H38O3S/c1-2-3-4-9-15-25-16-14-18-17(19-12-13-20(18)24-19)10-7-5-6-8-11-21(22)23/h17-20H,2-16H2,1H3,(H,22,23)/t17-,18+,19-,20+/m1/s1. The monoisotopic (exact) mass is 370 g/mol. The molecule has 0 spiro atoms. The second-order valence-electron chi connectivity index (χ2n) is 7.93. The van der Waals surface area contributed by atoms with Crippen molar-refractivity contribution in [3.8, 4) is 0 Å². The van der Waals surface area contributed by atoms with Gasteiger partial charge in [0.15, 0.2) is 0 Å². The van der Waals surface area contributed by atoms with Gasteiger partial charge in [-0.25, -0.2) is 0 Å². The highest BCUT2D eigenvalue weighted by atomic mass is 32.2. The maximum atomic E-state index is 10.6. The number of rotatable bonds is 15. The van der Waals surface area contributed by atoms with Gasteiger partial charge in [0.25, 0.3) is 0 Å². The van der Waals surface area contributed by atoms with E-state index < -0.39 is 5.97 Å². The van der Waals surface area contributed by atoms with E-state index >= 15 is 0 Å². The van der Waals surface area contributed by atoms with Gasteiger partial charge in [-0.3, -0.25) is 4.79 Å². The molecule has 0 aromatic carbocycles. The first-order chi connectivity index (χ1) is 12.2. The topological polar surface area (TPSA) is 46.5 Å². The highest BCUT2D eigenvalue weighted by molar-refractivity contribution is 7.99. The van der Waals surface area contributed by atoms with E-state index in [9.17, 15) is 4.79 Å². The van der Waals surface area contributed by atoms with Crippen LogP contribution in [0.2, 0.25) is 0 Å². The predicted octanol–water partition coefficient (Wildman–Crippen LogP) is 5.91. The molecule has 1 N–H and O–H groups in total. The molecule has 146 valence electrons. The van der Waals surface area contributed by atoms with Gasteiger partial charge in [-0.1, -0.05) is 45.4 Å². The largest absolute Gasteiger partial charge is 0.481 e. The van der Waals surface area contributed by atoms with Crippen LogP contribution in [0.5, 0.6) is 0 Å². The summed E-state index contributed by atoms with van der Waals surface area (Å²) in [6.07, 6.45) is 16.4. The number of hydrogen-bond donors (Lipinski definition) is 1. The number of thioether (sulfide) groups is 1. The van der Waals surface area contributed by atoms with Crippen LogP contribution in [-0.2, 0) is 9.53 Å². The van der Waals surface area contributed by atoms with Crippen molar-refractivity contribution in [3.05, 3.63) is 0 Å². The van der Waals surface area contributed by atoms with E-state index in [1.54, 1.807) is 0 Å². The van der Waals surface area contributed by atoms with Crippen LogP contribution in [0.25, 0.3) is 0 Å². The Morgan fingerprint density at radius 2 is 1.60 bits per heavy atom. The van der Waals surface area contributed by atoms with Gasteiger partial charge in [0, 0.05) is 6.42 Å². The van der Waals surface area contributed by atoms with Crippen LogP contribution in [0, 0.1) is 11.8 Å². The molecule has 4 atom stereocenters. The van der Waals surface area contributed by atoms with Crippen molar-refractivity contribution in [2.75, 3.05) is 11.5 Å². The molecule has 2 bridgehead atoms. The summed E-state index contributed by atoms with van der Waals surface area (Å²) in [7, 11) is 0. The third-order valence-corrected chi connectivity index (χ3v) is 7.11. The number of carboxylic acids is 1. The Kier molecular flexibility index (Phi) is 10.3. The Morgan fingerprint density at radius 1 is 0.920 bits per heavy atom. The van der Waals surface area contributed by atoms with Crippen molar-refractivity contribution < 1.29 is 14.6 Å². The molecule has 2 heterocycles. The lowest BCUT2D eigenvalue weighted by atomic mass is 9.75. The summed E-state index contributed by atoms with van der Waals surface area (Å²) in [4.78, 5) is 10.6. The molecular weight excluding hydrogens is 332 g/mol. The summed E-state index contributed by atoms with van der Waals surface area (Å²) in [5, 5.41) is 8.69. The van der Waals surface area contributed by atoms with Gasteiger partial charge < -0.3 is 9.84 Å². The third kappa shape index (κ3) is 7.50. The Balaban J connectivity index is 1.57. The smallest absolute Gasteiger partial charge is 0.303 e. The minimum Gasteiger partial charge on any atom is -0.481 e. The Labute approximate surface area is 158 Å². The lowest BCUT2D eigenvalue weighted by molar-refractivity contribution is -0.137. The van der Waals surface area contributed by atoms with E-state index in [2.05, 4.69) is 18.7 Å². The first-order valence-corrected chi connectivity index (χ1v) is 11.8. The zero-order chi connectivity index (χ0) is 17.9.